The second-order valence-corrected chi connectivity index (χ2v) is 6.24. The van der Waals surface area contributed by atoms with E-state index in [2.05, 4.69) is 22.9 Å². The van der Waals surface area contributed by atoms with E-state index in [9.17, 15) is 0 Å². The molecule has 1 aliphatic heterocycles. The number of aliphatic hydroxyl groups is 1. The van der Waals surface area contributed by atoms with Gasteiger partial charge in [0, 0.05) is 37.4 Å². The molecule has 0 unspecified atom stereocenters. The van der Waals surface area contributed by atoms with Gasteiger partial charge in [0.15, 0.2) is 0 Å². The molecule has 0 aliphatic carbocycles. The lowest BCUT2D eigenvalue weighted by molar-refractivity contribution is 0.117. The van der Waals surface area contributed by atoms with Crippen molar-refractivity contribution in [3.8, 4) is 11.5 Å². The predicted molar refractivity (Wildman–Crippen MR) is 92.2 cm³/mol. The summed E-state index contributed by atoms with van der Waals surface area (Å²) in [4.78, 5) is 4.88. The summed E-state index contributed by atoms with van der Waals surface area (Å²) in [6.07, 6.45) is 3.22. The molecule has 1 N–H and O–H groups in total. The van der Waals surface area contributed by atoms with Crippen molar-refractivity contribution in [3.63, 3.8) is 0 Å². The van der Waals surface area contributed by atoms with Crippen LogP contribution in [0.3, 0.4) is 0 Å². The summed E-state index contributed by atoms with van der Waals surface area (Å²) < 4.78 is 10.8. The van der Waals surface area contributed by atoms with Crippen LogP contribution in [0.25, 0.3) is 0 Å². The average Bonchev–Trinajstić information content (AvgIpc) is 2.60. The Morgan fingerprint density at radius 3 is 2.57 bits per heavy atom. The summed E-state index contributed by atoms with van der Waals surface area (Å²) >= 11 is 0. The molecule has 0 radical (unpaired) electrons. The lowest BCUT2D eigenvalue weighted by Crippen LogP contribution is -2.43. The summed E-state index contributed by atoms with van der Waals surface area (Å²) in [5.74, 6) is 1.72. The van der Waals surface area contributed by atoms with Crippen LogP contribution in [0.1, 0.15) is 24.8 Å². The molecule has 5 heteroatoms. The number of ether oxygens (including phenoxy) is 2. The van der Waals surface area contributed by atoms with Gasteiger partial charge in [0.2, 0.25) is 0 Å². The molecule has 0 atom stereocenters. The van der Waals surface area contributed by atoms with Crippen LogP contribution in [0.2, 0.25) is 0 Å². The van der Waals surface area contributed by atoms with Crippen molar-refractivity contribution in [2.75, 3.05) is 47.5 Å². The Bertz CT molecular complexity index is 473. The van der Waals surface area contributed by atoms with E-state index >= 15 is 0 Å². The van der Waals surface area contributed by atoms with Gasteiger partial charge in [-0.05, 0) is 45.5 Å². The Labute approximate surface area is 139 Å². The topological polar surface area (TPSA) is 45.2 Å². The van der Waals surface area contributed by atoms with Crippen LogP contribution in [0.5, 0.6) is 11.5 Å². The molecular weight excluding hydrogens is 292 g/mol. The van der Waals surface area contributed by atoms with Crippen molar-refractivity contribution >= 4 is 0 Å². The highest BCUT2D eigenvalue weighted by molar-refractivity contribution is 5.40. The maximum Gasteiger partial charge on any atom is 0.127 e. The van der Waals surface area contributed by atoms with Crippen LogP contribution in [0, 0.1) is 0 Å². The van der Waals surface area contributed by atoms with E-state index in [4.69, 9.17) is 14.6 Å². The van der Waals surface area contributed by atoms with Gasteiger partial charge in [0.1, 0.15) is 11.5 Å². The first-order chi connectivity index (χ1) is 11.2. The van der Waals surface area contributed by atoms with Gasteiger partial charge in [-0.2, -0.15) is 0 Å². The first-order valence-electron chi connectivity index (χ1n) is 8.42. The number of hydrogen-bond acceptors (Lipinski definition) is 5. The zero-order valence-corrected chi connectivity index (χ0v) is 14.6. The summed E-state index contributed by atoms with van der Waals surface area (Å²) in [6.45, 7) is 4.38. The van der Waals surface area contributed by atoms with E-state index in [1.54, 1.807) is 14.2 Å². The second-order valence-electron chi connectivity index (χ2n) is 6.24. The van der Waals surface area contributed by atoms with E-state index < -0.39 is 0 Å². The van der Waals surface area contributed by atoms with E-state index in [1.807, 2.05) is 12.1 Å². The first kappa shape index (κ1) is 18.0. The minimum absolute atomic E-state index is 0.278. The number of likely N-dealkylation sites (tertiary alicyclic amines) is 1. The Morgan fingerprint density at radius 2 is 1.96 bits per heavy atom. The van der Waals surface area contributed by atoms with E-state index in [-0.39, 0.29) is 6.61 Å². The molecule has 23 heavy (non-hydrogen) atoms. The van der Waals surface area contributed by atoms with Gasteiger partial charge in [-0.15, -0.1) is 0 Å². The third kappa shape index (κ3) is 5.09. The Balaban J connectivity index is 1.86. The molecule has 1 aromatic rings. The molecule has 0 bridgehead atoms. The molecule has 1 heterocycles. The monoisotopic (exact) mass is 322 g/mol. The minimum Gasteiger partial charge on any atom is -0.497 e. The lowest BCUT2D eigenvalue weighted by Gasteiger charge is -2.37. The molecule has 0 spiro atoms. The predicted octanol–water partition coefficient (Wildman–Crippen LogP) is 1.98. The van der Waals surface area contributed by atoms with Crippen LogP contribution in [-0.2, 0) is 6.54 Å². The Hall–Kier alpha value is -1.30. The van der Waals surface area contributed by atoms with E-state index in [0.717, 1.165) is 44.1 Å². The van der Waals surface area contributed by atoms with Crippen LogP contribution in [-0.4, -0.2) is 68.5 Å². The van der Waals surface area contributed by atoms with Gasteiger partial charge in [-0.25, -0.2) is 0 Å². The highest BCUT2D eigenvalue weighted by Crippen LogP contribution is 2.27. The number of benzene rings is 1. The summed E-state index contributed by atoms with van der Waals surface area (Å²) in [7, 11) is 5.55. The van der Waals surface area contributed by atoms with Crippen molar-refractivity contribution in [2.45, 2.75) is 31.8 Å². The number of hydrogen-bond donors (Lipinski definition) is 1. The fourth-order valence-electron chi connectivity index (χ4n) is 3.24. The SMILES string of the molecule is COc1ccc(CN2CCC(N(C)CCCO)CC2)c(OC)c1. The fourth-order valence-corrected chi connectivity index (χ4v) is 3.24. The third-order valence-electron chi connectivity index (χ3n) is 4.74. The van der Waals surface area contributed by atoms with Crippen LogP contribution in [0.15, 0.2) is 18.2 Å². The standard InChI is InChI=1S/C18H30N2O3/c1-19(9-4-12-21)16-7-10-20(11-8-16)14-15-5-6-17(22-2)13-18(15)23-3/h5-6,13,16,21H,4,7-12,14H2,1-3H3. The number of piperidine rings is 1. The van der Waals surface area contributed by atoms with Crippen molar-refractivity contribution in [1.29, 1.82) is 0 Å². The first-order valence-corrected chi connectivity index (χ1v) is 8.42. The van der Waals surface area contributed by atoms with Gasteiger partial charge in [0.05, 0.1) is 14.2 Å². The zero-order valence-electron chi connectivity index (χ0n) is 14.6. The van der Waals surface area contributed by atoms with E-state index in [0.29, 0.717) is 6.04 Å². The van der Waals surface area contributed by atoms with Crippen molar-refractivity contribution < 1.29 is 14.6 Å². The second kappa shape index (κ2) is 9.11. The third-order valence-corrected chi connectivity index (χ3v) is 4.74. The molecule has 2 rings (SSSR count). The summed E-state index contributed by atoms with van der Waals surface area (Å²) in [5, 5.41) is 8.95. The molecular formula is C18H30N2O3. The van der Waals surface area contributed by atoms with E-state index in [1.165, 1.54) is 18.4 Å². The van der Waals surface area contributed by atoms with Crippen LogP contribution in [0.4, 0.5) is 0 Å². The molecule has 1 aliphatic rings. The zero-order chi connectivity index (χ0) is 16.7. The van der Waals surface area contributed by atoms with Crippen LogP contribution >= 0.6 is 0 Å². The molecule has 0 amide bonds. The Morgan fingerprint density at radius 1 is 1.22 bits per heavy atom. The lowest BCUT2D eigenvalue weighted by atomic mass is 10.0. The largest absolute Gasteiger partial charge is 0.497 e. The van der Waals surface area contributed by atoms with Gasteiger partial charge in [-0.3, -0.25) is 4.90 Å². The normalized spacial score (nSPS) is 16.7. The number of aliphatic hydroxyl groups excluding tert-OH is 1. The van der Waals surface area contributed by atoms with Crippen molar-refractivity contribution in [1.82, 2.24) is 9.80 Å². The average molecular weight is 322 g/mol. The highest BCUT2D eigenvalue weighted by Gasteiger charge is 2.22. The fraction of sp³-hybridized carbons (Fsp3) is 0.667. The van der Waals surface area contributed by atoms with Gasteiger partial charge < -0.3 is 19.5 Å². The summed E-state index contributed by atoms with van der Waals surface area (Å²) in [5.41, 5.74) is 1.21. The van der Waals surface area contributed by atoms with Gasteiger partial charge in [-0.1, -0.05) is 6.07 Å². The number of methoxy groups -OCH3 is 2. The van der Waals surface area contributed by atoms with Gasteiger partial charge in [0.25, 0.3) is 0 Å². The Kier molecular flexibility index (Phi) is 7.15. The molecule has 0 aromatic heterocycles. The highest BCUT2D eigenvalue weighted by atomic mass is 16.5. The molecule has 0 saturated carbocycles. The maximum absolute atomic E-state index is 8.95. The molecule has 1 saturated heterocycles. The van der Waals surface area contributed by atoms with Crippen molar-refractivity contribution in [2.24, 2.45) is 0 Å². The summed E-state index contributed by atoms with van der Waals surface area (Å²) in [6, 6.07) is 6.67. The molecule has 1 aromatic carbocycles. The number of nitrogens with zero attached hydrogens (tertiary/aromatic N) is 2. The molecule has 1 fully saturated rings. The van der Waals surface area contributed by atoms with Crippen LogP contribution < -0.4 is 9.47 Å². The maximum atomic E-state index is 8.95. The molecule has 130 valence electrons. The smallest absolute Gasteiger partial charge is 0.127 e. The quantitative estimate of drug-likeness (QED) is 0.793. The van der Waals surface area contributed by atoms with Gasteiger partial charge >= 0.3 is 0 Å². The minimum atomic E-state index is 0.278. The number of rotatable bonds is 8. The van der Waals surface area contributed by atoms with Crippen molar-refractivity contribution in [3.05, 3.63) is 23.8 Å². The molecule has 5 nitrogen and oxygen atoms in total.